The summed E-state index contributed by atoms with van der Waals surface area (Å²) in [5.41, 5.74) is 0. The minimum Gasteiger partial charge on any atom is -0.756 e. The number of ether oxygens (including phenoxy) is 2. The Hall–Kier alpha value is -2.71. The lowest BCUT2D eigenvalue weighted by molar-refractivity contribution is -0.225. The van der Waals surface area contributed by atoms with Crippen LogP contribution in [0.25, 0.3) is 0 Å². The van der Waals surface area contributed by atoms with Crippen molar-refractivity contribution < 1.29 is 37.6 Å². The molecule has 60 heavy (non-hydrogen) atoms. The molecule has 0 bridgehead atoms. The van der Waals surface area contributed by atoms with Gasteiger partial charge in [-0.1, -0.05) is 179 Å². The van der Waals surface area contributed by atoms with Crippen LogP contribution < -0.4 is 4.89 Å². The molecule has 0 aliphatic rings. The quantitative estimate of drug-likeness (QED) is 0.0259. The van der Waals surface area contributed by atoms with Crippen molar-refractivity contribution in [2.75, 3.05) is 20.3 Å². The third kappa shape index (κ3) is 44.8. The molecule has 0 spiro atoms. The smallest absolute Gasteiger partial charge is 0.306 e. The standard InChI is InChI=1S/C51H85O8P/c1-4-6-8-10-12-14-16-18-20-22-24-26-28-30-32-34-36-38-40-42-44-50(52)57-47-46-49(48-58-60(54,55)56-3)59-51(53)45-43-41-39-37-35-33-31-29-27-25-23-21-19-17-15-13-11-9-7-5-2/h49H,4-21,30-48H2,1-3H3,(H,54,55)/p-1. The molecule has 0 heterocycles. The first-order valence-corrected chi connectivity index (χ1v) is 25.6. The molecule has 342 valence electrons. The molecule has 0 radical (unpaired) electrons. The van der Waals surface area contributed by atoms with Crippen LogP contribution in [-0.4, -0.2) is 38.4 Å². The largest absolute Gasteiger partial charge is 0.756 e. The molecular formula is C51H84O8P-. The number of hydrogen-bond acceptors (Lipinski definition) is 8. The Morgan fingerprint density at radius 2 is 0.833 bits per heavy atom. The molecule has 8 nitrogen and oxygen atoms in total. The van der Waals surface area contributed by atoms with Crippen LogP contribution in [0, 0.1) is 47.4 Å². The van der Waals surface area contributed by atoms with Gasteiger partial charge in [0.25, 0.3) is 7.82 Å². The van der Waals surface area contributed by atoms with E-state index in [1.165, 1.54) is 103 Å². The van der Waals surface area contributed by atoms with Crippen LogP contribution in [0.2, 0.25) is 0 Å². The maximum absolute atomic E-state index is 12.5. The molecule has 2 unspecified atom stereocenters. The maximum Gasteiger partial charge on any atom is 0.306 e. The summed E-state index contributed by atoms with van der Waals surface area (Å²) in [5, 5.41) is 0. The lowest BCUT2D eigenvalue weighted by Gasteiger charge is -2.24. The lowest BCUT2D eigenvalue weighted by atomic mass is 10.1. The average Bonchev–Trinajstić information content (AvgIpc) is 3.24. The summed E-state index contributed by atoms with van der Waals surface area (Å²) in [4.78, 5) is 36.6. The minimum absolute atomic E-state index is 0.00283. The fourth-order valence-corrected chi connectivity index (χ4v) is 6.98. The van der Waals surface area contributed by atoms with E-state index in [4.69, 9.17) is 14.0 Å². The van der Waals surface area contributed by atoms with Gasteiger partial charge in [0.2, 0.25) is 0 Å². The number of esters is 2. The molecule has 0 saturated carbocycles. The van der Waals surface area contributed by atoms with E-state index >= 15 is 0 Å². The first-order chi connectivity index (χ1) is 29.3. The summed E-state index contributed by atoms with van der Waals surface area (Å²) in [6, 6.07) is 0. The third-order valence-electron chi connectivity index (χ3n) is 10.3. The molecule has 0 aliphatic heterocycles. The van der Waals surface area contributed by atoms with E-state index in [0.29, 0.717) is 12.8 Å². The van der Waals surface area contributed by atoms with E-state index in [-0.39, 0.29) is 25.4 Å². The van der Waals surface area contributed by atoms with E-state index in [2.05, 4.69) is 65.7 Å². The van der Waals surface area contributed by atoms with E-state index in [0.717, 1.165) is 103 Å². The number of carbonyl (C=O) groups is 2. The molecule has 0 saturated heterocycles. The van der Waals surface area contributed by atoms with Crippen LogP contribution in [0.1, 0.15) is 239 Å². The number of carbonyl (C=O) groups excluding carboxylic acids is 2. The Labute approximate surface area is 368 Å². The second kappa shape index (κ2) is 45.8. The molecule has 0 rings (SSSR count). The molecule has 0 aliphatic carbocycles. The van der Waals surface area contributed by atoms with E-state index in [1.54, 1.807) is 0 Å². The van der Waals surface area contributed by atoms with Gasteiger partial charge in [0.15, 0.2) is 0 Å². The summed E-state index contributed by atoms with van der Waals surface area (Å²) in [6.45, 7) is 4.10. The second-order valence-corrected chi connectivity index (χ2v) is 17.5. The van der Waals surface area contributed by atoms with E-state index in [9.17, 15) is 19.0 Å². The van der Waals surface area contributed by atoms with Crippen LogP contribution in [0.4, 0.5) is 0 Å². The number of phosphoric ester groups is 1. The number of hydrogen-bond donors (Lipinski definition) is 0. The van der Waals surface area contributed by atoms with Gasteiger partial charge in [-0.05, 0) is 62.2 Å². The SMILES string of the molecule is CCCCCCCCCCC#CC#CCCCCCCCCC(=O)OCCC(COP(=O)([O-])OC)OC(=O)CCCCCCCCC#CC#CCCCCCCCCCC. The molecule has 0 aromatic rings. The summed E-state index contributed by atoms with van der Waals surface area (Å²) >= 11 is 0. The Morgan fingerprint density at radius 3 is 1.20 bits per heavy atom. The summed E-state index contributed by atoms with van der Waals surface area (Å²) in [5.74, 6) is 23.8. The molecule has 0 N–H and O–H groups in total. The Bertz CT molecular complexity index is 1330. The molecule has 9 heteroatoms. The zero-order chi connectivity index (χ0) is 43.9. The van der Waals surface area contributed by atoms with Crippen molar-refractivity contribution in [3.8, 4) is 47.4 Å². The van der Waals surface area contributed by atoms with Crippen molar-refractivity contribution in [1.82, 2.24) is 0 Å². The first kappa shape index (κ1) is 57.3. The summed E-state index contributed by atoms with van der Waals surface area (Å²) in [6.07, 6.45) is 36.2. The minimum atomic E-state index is -4.50. The van der Waals surface area contributed by atoms with Gasteiger partial charge in [-0.15, -0.1) is 0 Å². The molecule has 0 aromatic carbocycles. The topological polar surface area (TPSA) is 111 Å². The second-order valence-electron chi connectivity index (χ2n) is 15.9. The number of unbranched alkanes of at least 4 members (excludes halogenated alkanes) is 28. The van der Waals surface area contributed by atoms with Gasteiger partial charge in [0, 0.05) is 52.1 Å². The van der Waals surface area contributed by atoms with Crippen molar-refractivity contribution in [3.63, 3.8) is 0 Å². The van der Waals surface area contributed by atoms with Gasteiger partial charge in [0.05, 0.1) is 13.2 Å². The number of rotatable bonds is 40. The van der Waals surface area contributed by atoms with Gasteiger partial charge >= 0.3 is 11.9 Å². The lowest BCUT2D eigenvalue weighted by Crippen LogP contribution is -2.26. The highest BCUT2D eigenvalue weighted by Crippen LogP contribution is 2.37. The van der Waals surface area contributed by atoms with Crippen molar-refractivity contribution in [2.24, 2.45) is 0 Å². The van der Waals surface area contributed by atoms with Crippen LogP contribution in [-0.2, 0) is 32.7 Å². The van der Waals surface area contributed by atoms with Gasteiger partial charge < -0.3 is 23.4 Å². The molecule has 2 atom stereocenters. The summed E-state index contributed by atoms with van der Waals surface area (Å²) < 4.78 is 31.8. The first-order valence-electron chi connectivity index (χ1n) is 24.1. The molecule has 0 amide bonds. The fraction of sp³-hybridized carbons (Fsp3) is 0.804. The van der Waals surface area contributed by atoms with Crippen LogP contribution in [0.5, 0.6) is 0 Å². The highest BCUT2D eigenvalue weighted by Gasteiger charge is 2.19. The Kier molecular flexibility index (Phi) is 43.7. The van der Waals surface area contributed by atoms with Crippen LogP contribution in [0.3, 0.4) is 0 Å². The van der Waals surface area contributed by atoms with Crippen molar-refractivity contribution >= 4 is 19.8 Å². The summed E-state index contributed by atoms with van der Waals surface area (Å²) in [7, 11) is -3.50. The Balaban J connectivity index is 4.02. The normalized spacial score (nSPS) is 12.0. The number of phosphoric acid groups is 1. The maximum atomic E-state index is 12.5. The van der Waals surface area contributed by atoms with Gasteiger partial charge in [-0.2, -0.15) is 0 Å². The zero-order valence-corrected chi connectivity index (χ0v) is 39.3. The highest BCUT2D eigenvalue weighted by molar-refractivity contribution is 7.45. The molecular weight excluding hydrogens is 772 g/mol. The zero-order valence-electron chi connectivity index (χ0n) is 38.5. The van der Waals surface area contributed by atoms with E-state index in [1.807, 2.05) is 0 Å². The van der Waals surface area contributed by atoms with Crippen molar-refractivity contribution in [3.05, 3.63) is 0 Å². The fourth-order valence-electron chi connectivity index (χ4n) is 6.53. The Morgan fingerprint density at radius 1 is 0.500 bits per heavy atom. The van der Waals surface area contributed by atoms with Crippen molar-refractivity contribution in [2.45, 2.75) is 245 Å². The van der Waals surface area contributed by atoms with Crippen LogP contribution in [0.15, 0.2) is 0 Å². The van der Waals surface area contributed by atoms with Gasteiger partial charge in [-0.3, -0.25) is 14.2 Å². The monoisotopic (exact) mass is 856 g/mol. The van der Waals surface area contributed by atoms with Gasteiger partial charge in [0.1, 0.15) is 6.10 Å². The average molecular weight is 856 g/mol. The third-order valence-corrected chi connectivity index (χ3v) is 11.2. The van der Waals surface area contributed by atoms with Crippen LogP contribution >= 0.6 is 7.82 Å². The molecule has 0 aromatic heterocycles. The molecule has 0 fully saturated rings. The highest BCUT2D eigenvalue weighted by atomic mass is 31.2. The van der Waals surface area contributed by atoms with Gasteiger partial charge in [-0.25, -0.2) is 0 Å². The predicted molar refractivity (Wildman–Crippen MR) is 245 cm³/mol. The predicted octanol–water partition coefficient (Wildman–Crippen LogP) is 13.3. The van der Waals surface area contributed by atoms with E-state index < -0.39 is 26.5 Å². The van der Waals surface area contributed by atoms with Crippen molar-refractivity contribution in [1.29, 1.82) is 0 Å².